The molecule has 1 heterocycles. The van der Waals surface area contributed by atoms with E-state index in [9.17, 15) is 24.3 Å². The van der Waals surface area contributed by atoms with Crippen LogP contribution in [0.5, 0.6) is 0 Å². The predicted molar refractivity (Wildman–Crippen MR) is 213 cm³/mol. The molecule has 0 unspecified atom stereocenters. The number of benzene rings is 2. The van der Waals surface area contributed by atoms with Crippen molar-refractivity contribution in [3.63, 3.8) is 0 Å². The van der Waals surface area contributed by atoms with Gasteiger partial charge in [0.05, 0.1) is 30.9 Å². The minimum Gasteiger partial charge on any atom is -0.465 e. The number of rotatable bonds is 17. The molecule has 5 atom stereocenters. The van der Waals surface area contributed by atoms with Crippen molar-refractivity contribution in [3.05, 3.63) is 90.1 Å². The zero-order valence-electron chi connectivity index (χ0n) is 32.9. The Kier molecular flexibility index (Phi) is 16.4. The fourth-order valence-electron chi connectivity index (χ4n) is 6.41. The highest BCUT2D eigenvalue weighted by Gasteiger charge is 2.40. The number of aromatic nitrogens is 1. The van der Waals surface area contributed by atoms with Crippen LogP contribution in [0.2, 0.25) is 0 Å². The Balaban J connectivity index is 2.08. The molecule has 3 rings (SSSR count). The summed E-state index contributed by atoms with van der Waals surface area (Å²) in [5.74, 6) is -0.546. The average molecular weight is 764 g/mol. The smallest absolute Gasteiger partial charge is 0.407 e. The molecule has 0 aliphatic carbocycles. The second-order valence-corrected chi connectivity index (χ2v) is 16.4. The summed E-state index contributed by atoms with van der Waals surface area (Å²) in [6.07, 6.45) is 2.14. The summed E-state index contributed by atoms with van der Waals surface area (Å²) in [6, 6.07) is 20.3. The number of hydrogen-bond donors (Lipinski definition) is 4. The first-order valence-electron chi connectivity index (χ1n) is 18.0. The van der Waals surface area contributed by atoms with Gasteiger partial charge in [0, 0.05) is 24.8 Å². The number of carbonyl (C=O) groups is 4. The van der Waals surface area contributed by atoms with Crippen molar-refractivity contribution < 1.29 is 33.8 Å². The number of nitrogens with one attached hydrogen (secondary N) is 3. The monoisotopic (exact) mass is 763 g/mol. The van der Waals surface area contributed by atoms with Gasteiger partial charge in [-0.05, 0) is 59.6 Å². The Morgan fingerprint density at radius 2 is 1.44 bits per heavy atom. The Bertz CT molecular complexity index is 1650. The third-order valence-corrected chi connectivity index (χ3v) is 9.44. The van der Waals surface area contributed by atoms with E-state index in [4.69, 9.17) is 9.47 Å². The van der Waals surface area contributed by atoms with Crippen LogP contribution in [0.25, 0.3) is 11.3 Å². The van der Waals surface area contributed by atoms with E-state index in [-0.39, 0.29) is 6.42 Å². The number of pyridine rings is 1. The van der Waals surface area contributed by atoms with Crippen LogP contribution in [0.3, 0.4) is 0 Å². The van der Waals surface area contributed by atoms with Gasteiger partial charge in [0.15, 0.2) is 0 Å². The van der Waals surface area contributed by atoms with Crippen molar-refractivity contribution in [2.45, 2.75) is 91.1 Å². The number of carboxylic acid groups (broad SMARTS) is 1. The van der Waals surface area contributed by atoms with Crippen LogP contribution in [0.1, 0.15) is 59.1 Å². The maximum atomic E-state index is 14.2. The molecular formula is C41H57N5O7S. The number of amides is 4. The van der Waals surface area contributed by atoms with Gasteiger partial charge in [-0.25, -0.2) is 9.59 Å². The number of ether oxygens (including phenoxy) is 2. The second kappa shape index (κ2) is 20.2. The van der Waals surface area contributed by atoms with E-state index in [1.165, 1.54) is 25.9 Å². The van der Waals surface area contributed by atoms with Crippen molar-refractivity contribution in [1.29, 1.82) is 0 Å². The lowest BCUT2D eigenvalue weighted by Gasteiger charge is -2.38. The van der Waals surface area contributed by atoms with Gasteiger partial charge in [-0.1, -0.05) is 102 Å². The normalized spacial score (nSPS) is 14.5. The third kappa shape index (κ3) is 13.3. The number of carbonyl (C=O) groups excluding carboxylic acids is 3. The van der Waals surface area contributed by atoms with Gasteiger partial charge >= 0.3 is 12.2 Å². The van der Waals surface area contributed by atoms with Crippen molar-refractivity contribution in [1.82, 2.24) is 25.8 Å². The van der Waals surface area contributed by atoms with E-state index in [0.29, 0.717) is 18.8 Å². The van der Waals surface area contributed by atoms with Crippen molar-refractivity contribution in [2.75, 3.05) is 26.4 Å². The molecule has 0 bridgehead atoms. The Labute approximate surface area is 324 Å². The van der Waals surface area contributed by atoms with E-state index < -0.39 is 65.1 Å². The average Bonchev–Trinajstić information content (AvgIpc) is 3.11. The molecule has 54 heavy (non-hydrogen) atoms. The van der Waals surface area contributed by atoms with Crippen molar-refractivity contribution in [3.8, 4) is 11.3 Å². The van der Waals surface area contributed by atoms with E-state index in [2.05, 4.69) is 20.9 Å². The van der Waals surface area contributed by atoms with Gasteiger partial charge in [0.1, 0.15) is 12.1 Å². The summed E-state index contributed by atoms with van der Waals surface area (Å²) in [5, 5.41) is 18.9. The van der Waals surface area contributed by atoms with Crippen LogP contribution in [0.15, 0.2) is 79.0 Å². The quantitative estimate of drug-likeness (QED) is 0.114. The molecule has 0 aliphatic heterocycles. The lowest BCUT2D eigenvalue weighted by Crippen LogP contribution is -2.59. The maximum absolute atomic E-state index is 14.2. The van der Waals surface area contributed by atoms with Crippen LogP contribution < -0.4 is 16.0 Å². The van der Waals surface area contributed by atoms with Crippen LogP contribution in [-0.2, 0) is 31.9 Å². The summed E-state index contributed by atoms with van der Waals surface area (Å²) >= 11 is 1.48. The third-order valence-electron chi connectivity index (χ3n) is 9.07. The predicted octanol–water partition coefficient (Wildman–Crippen LogP) is 6.39. The summed E-state index contributed by atoms with van der Waals surface area (Å²) in [5.41, 5.74) is 2.27. The molecule has 0 fully saturated rings. The molecule has 3 aromatic rings. The molecular weight excluding hydrogens is 707 g/mol. The van der Waals surface area contributed by atoms with Crippen LogP contribution in [0, 0.1) is 10.8 Å². The Morgan fingerprint density at radius 1 is 0.815 bits per heavy atom. The van der Waals surface area contributed by atoms with Crippen LogP contribution in [-0.4, -0.2) is 95.6 Å². The Hall–Kier alpha value is -4.62. The van der Waals surface area contributed by atoms with Gasteiger partial charge in [0.2, 0.25) is 11.8 Å². The zero-order chi connectivity index (χ0) is 40.1. The molecule has 0 radical (unpaired) electrons. The maximum Gasteiger partial charge on any atom is 0.407 e. The highest BCUT2D eigenvalue weighted by Crippen LogP contribution is 2.26. The first-order chi connectivity index (χ1) is 25.4. The minimum atomic E-state index is -1.21. The molecule has 294 valence electrons. The first-order valence-corrected chi connectivity index (χ1v) is 19.4. The largest absolute Gasteiger partial charge is 0.465 e. The van der Waals surface area contributed by atoms with Crippen molar-refractivity contribution in [2.24, 2.45) is 10.8 Å². The molecule has 0 saturated carbocycles. The number of alkyl carbamates (subject to hydrolysis) is 1. The van der Waals surface area contributed by atoms with E-state index in [1.54, 1.807) is 6.20 Å². The number of likely N-dealkylation sites (N-methyl/N-ethyl adjacent to an activating group) is 1. The standard InChI is InChI=1S/C41H57N5O7S/c1-40(2,3)34(45-38(49)52-8)36(47)44-32(24-28-18-20-29(21-19-28)31-17-13-14-22-42-31)33(53-26-54-9)25-30(23-27-15-11-10-12-16-27)43-37(48)35(41(4,5)6)46(7)39(50)51/h10-22,30,32-35H,23-26H2,1-9H3,(H,43,48)(H,44,47)(H,45,49)(H,50,51)/t30-,32-,33-,34+,35+/m0/s1. The van der Waals surface area contributed by atoms with Gasteiger partial charge in [-0.2, -0.15) is 0 Å². The molecule has 1 aromatic heterocycles. The SMILES string of the molecule is COC(=O)N[C@H](C(=O)N[C@@H](Cc1ccc(-c2ccccn2)cc1)[C@H](C[C@H](Cc1ccccc1)NC(=O)[C@@H](N(C)C(=O)O)C(C)(C)C)OCSC)C(C)(C)C. The number of nitrogens with zero attached hydrogens (tertiary/aromatic N) is 2. The van der Waals surface area contributed by atoms with E-state index in [1.807, 2.05) is 121 Å². The van der Waals surface area contributed by atoms with Crippen LogP contribution in [0.4, 0.5) is 9.59 Å². The highest BCUT2D eigenvalue weighted by atomic mass is 32.2. The molecule has 13 heteroatoms. The number of methoxy groups -OCH3 is 1. The fourth-order valence-corrected chi connectivity index (χ4v) is 6.72. The minimum absolute atomic E-state index is 0.274. The first kappa shape index (κ1) is 43.8. The Morgan fingerprint density at radius 3 is 1.98 bits per heavy atom. The molecule has 4 amide bonds. The van der Waals surface area contributed by atoms with Gasteiger partial charge < -0.3 is 30.5 Å². The molecule has 0 aliphatic rings. The van der Waals surface area contributed by atoms with Crippen LogP contribution >= 0.6 is 11.8 Å². The lowest BCUT2D eigenvalue weighted by molar-refractivity contribution is -0.130. The summed E-state index contributed by atoms with van der Waals surface area (Å²) in [7, 11) is 2.64. The molecule has 0 saturated heterocycles. The lowest BCUT2D eigenvalue weighted by atomic mass is 9.84. The second-order valence-electron chi connectivity index (χ2n) is 15.6. The van der Waals surface area contributed by atoms with E-state index in [0.717, 1.165) is 27.3 Å². The number of hydrogen-bond acceptors (Lipinski definition) is 8. The van der Waals surface area contributed by atoms with E-state index >= 15 is 0 Å². The zero-order valence-corrected chi connectivity index (χ0v) is 33.7. The summed E-state index contributed by atoms with van der Waals surface area (Å²) in [4.78, 5) is 58.2. The molecule has 4 N–H and O–H groups in total. The van der Waals surface area contributed by atoms with Gasteiger partial charge in [-0.15, -0.1) is 11.8 Å². The van der Waals surface area contributed by atoms with Gasteiger partial charge in [-0.3, -0.25) is 19.5 Å². The molecule has 2 aromatic carbocycles. The number of thioether (sulfide) groups is 1. The summed E-state index contributed by atoms with van der Waals surface area (Å²) < 4.78 is 11.4. The topological polar surface area (TPSA) is 159 Å². The van der Waals surface area contributed by atoms with Gasteiger partial charge in [0.25, 0.3) is 0 Å². The molecule has 0 spiro atoms. The summed E-state index contributed by atoms with van der Waals surface area (Å²) in [6.45, 7) is 11.0. The highest BCUT2D eigenvalue weighted by molar-refractivity contribution is 7.98. The molecule has 12 nitrogen and oxygen atoms in total. The fraction of sp³-hybridized carbons (Fsp3) is 0.488. The van der Waals surface area contributed by atoms with Crippen molar-refractivity contribution >= 4 is 35.8 Å².